The zero-order valence-corrected chi connectivity index (χ0v) is 8.97. The molecule has 0 saturated heterocycles. The fourth-order valence-electron chi connectivity index (χ4n) is 0.936. The average Bonchev–Trinajstić information content (AvgIpc) is 2.00. The van der Waals surface area contributed by atoms with Crippen LogP contribution in [0.3, 0.4) is 0 Å². The summed E-state index contributed by atoms with van der Waals surface area (Å²) in [6, 6.07) is 8.03. The maximum atomic E-state index is 5.97. The first-order valence-corrected chi connectivity index (χ1v) is 4.66. The van der Waals surface area contributed by atoms with Gasteiger partial charge in [-0.15, -0.1) is 11.6 Å². The molecular formula is C11H14ClN. The fourth-order valence-corrected chi connectivity index (χ4v) is 0.985. The molecule has 0 spiro atoms. The minimum atomic E-state index is -0.371. The van der Waals surface area contributed by atoms with Crippen molar-refractivity contribution in [3.63, 3.8) is 0 Å². The molecule has 0 N–H and O–H groups in total. The van der Waals surface area contributed by atoms with Crippen LogP contribution in [0.2, 0.25) is 0 Å². The molecule has 1 aromatic rings. The lowest BCUT2D eigenvalue weighted by Gasteiger charge is -2.06. The van der Waals surface area contributed by atoms with Gasteiger partial charge in [0.25, 0.3) is 0 Å². The molecule has 13 heavy (non-hydrogen) atoms. The fraction of sp³-hybridized carbons (Fsp3) is 0.364. The molecular weight excluding hydrogens is 182 g/mol. The van der Waals surface area contributed by atoms with E-state index in [1.807, 2.05) is 45.0 Å². The van der Waals surface area contributed by atoms with Crippen LogP contribution in [0, 0.1) is 6.92 Å². The summed E-state index contributed by atoms with van der Waals surface area (Å²) < 4.78 is 0. The second-order valence-corrected chi connectivity index (χ2v) is 4.64. The van der Waals surface area contributed by atoms with Crippen LogP contribution in [0.25, 0.3) is 0 Å². The molecule has 1 nitrogen and oxygen atoms in total. The highest BCUT2D eigenvalue weighted by molar-refractivity contribution is 6.31. The lowest BCUT2D eigenvalue weighted by Crippen LogP contribution is -2.10. The Bertz CT molecular complexity index is 310. The second kappa shape index (κ2) is 3.93. The van der Waals surface area contributed by atoms with Gasteiger partial charge in [0.1, 0.15) is 0 Å². The van der Waals surface area contributed by atoms with Gasteiger partial charge in [0.2, 0.25) is 0 Å². The molecule has 0 aliphatic heterocycles. The summed E-state index contributed by atoms with van der Waals surface area (Å²) in [5, 5.41) is 0. The van der Waals surface area contributed by atoms with E-state index in [1.165, 1.54) is 5.56 Å². The maximum Gasteiger partial charge on any atom is 0.0741 e. The Morgan fingerprint density at radius 3 is 2.62 bits per heavy atom. The predicted octanol–water partition coefficient (Wildman–Crippen LogP) is 3.71. The van der Waals surface area contributed by atoms with Crippen molar-refractivity contribution < 1.29 is 0 Å². The highest BCUT2D eigenvalue weighted by Crippen LogP contribution is 2.16. The highest BCUT2D eigenvalue weighted by atomic mass is 35.5. The molecule has 0 saturated carbocycles. The Morgan fingerprint density at radius 2 is 2.08 bits per heavy atom. The van der Waals surface area contributed by atoms with Crippen molar-refractivity contribution in [1.29, 1.82) is 0 Å². The van der Waals surface area contributed by atoms with Crippen LogP contribution in [0.5, 0.6) is 0 Å². The van der Waals surface area contributed by atoms with Crippen molar-refractivity contribution in [3.8, 4) is 0 Å². The average molecular weight is 196 g/mol. The Morgan fingerprint density at radius 1 is 1.38 bits per heavy atom. The van der Waals surface area contributed by atoms with Crippen LogP contribution in [-0.4, -0.2) is 11.1 Å². The first-order valence-electron chi connectivity index (χ1n) is 4.28. The molecule has 0 aliphatic rings. The van der Waals surface area contributed by atoms with Crippen LogP contribution in [0.15, 0.2) is 29.3 Å². The second-order valence-electron chi connectivity index (χ2n) is 3.66. The monoisotopic (exact) mass is 195 g/mol. The van der Waals surface area contributed by atoms with Gasteiger partial charge in [-0.2, -0.15) is 0 Å². The molecule has 1 aromatic carbocycles. The molecule has 0 atom stereocenters. The first-order chi connectivity index (χ1) is 5.97. The number of rotatable bonds is 2. The van der Waals surface area contributed by atoms with Crippen LogP contribution in [0.1, 0.15) is 19.4 Å². The molecule has 0 heterocycles. The molecule has 70 valence electrons. The molecule has 0 aromatic heterocycles. The highest BCUT2D eigenvalue weighted by Gasteiger charge is 2.07. The number of alkyl halides is 1. The zero-order chi connectivity index (χ0) is 9.90. The molecule has 0 unspecified atom stereocenters. The third-order valence-electron chi connectivity index (χ3n) is 1.52. The molecule has 0 aliphatic carbocycles. The third-order valence-corrected chi connectivity index (χ3v) is 1.62. The third kappa shape index (κ3) is 4.09. The van der Waals surface area contributed by atoms with Crippen LogP contribution in [-0.2, 0) is 0 Å². The van der Waals surface area contributed by atoms with Gasteiger partial charge in [-0.05, 0) is 38.5 Å². The summed E-state index contributed by atoms with van der Waals surface area (Å²) >= 11 is 5.97. The smallest absolute Gasteiger partial charge is 0.0741 e. The van der Waals surface area contributed by atoms with E-state index in [0.717, 1.165) is 5.69 Å². The number of hydrogen-bond acceptors (Lipinski definition) is 1. The summed E-state index contributed by atoms with van der Waals surface area (Å²) in [6.45, 7) is 5.87. The van der Waals surface area contributed by atoms with E-state index in [2.05, 4.69) is 4.99 Å². The molecule has 0 amide bonds. The summed E-state index contributed by atoms with van der Waals surface area (Å²) in [6.07, 6.45) is 1.75. The number of halogens is 1. The SMILES string of the molecule is Cc1cccc(N=CC(C)(C)Cl)c1. The number of benzene rings is 1. The number of aryl methyl sites for hydroxylation is 1. The summed E-state index contributed by atoms with van der Waals surface area (Å²) in [7, 11) is 0. The van der Waals surface area contributed by atoms with Gasteiger partial charge in [-0.3, -0.25) is 4.99 Å². The van der Waals surface area contributed by atoms with Gasteiger partial charge >= 0.3 is 0 Å². The van der Waals surface area contributed by atoms with E-state index >= 15 is 0 Å². The minimum Gasteiger partial charge on any atom is -0.259 e. The van der Waals surface area contributed by atoms with Gasteiger partial charge in [-0.25, -0.2) is 0 Å². The molecule has 2 heteroatoms. The van der Waals surface area contributed by atoms with Gasteiger partial charge in [-0.1, -0.05) is 12.1 Å². The Kier molecular flexibility index (Phi) is 3.10. The van der Waals surface area contributed by atoms with Crippen molar-refractivity contribution in [2.24, 2.45) is 4.99 Å². The van der Waals surface area contributed by atoms with Gasteiger partial charge in [0.15, 0.2) is 0 Å². The molecule has 0 fully saturated rings. The van der Waals surface area contributed by atoms with Crippen LogP contribution in [0.4, 0.5) is 5.69 Å². The van der Waals surface area contributed by atoms with E-state index in [1.54, 1.807) is 6.21 Å². The molecule has 0 bridgehead atoms. The number of aliphatic imine (C=N–C) groups is 1. The van der Waals surface area contributed by atoms with Crippen molar-refractivity contribution >= 4 is 23.5 Å². The Labute approximate surface area is 84.5 Å². The number of hydrogen-bond donors (Lipinski definition) is 0. The Hall–Kier alpha value is -0.820. The lowest BCUT2D eigenvalue weighted by molar-refractivity contribution is 0.956. The molecule has 1 rings (SSSR count). The summed E-state index contributed by atoms with van der Waals surface area (Å²) in [5.41, 5.74) is 2.16. The quantitative estimate of drug-likeness (QED) is 0.504. The van der Waals surface area contributed by atoms with E-state index in [0.29, 0.717) is 0 Å². The molecule has 0 radical (unpaired) electrons. The van der Waals surface area contributed by atoms with Crippen molar-refractivity contribution in [2.75, 3.05) is 0 Å². The lowest BCUT2D eigenvalue weighted by atomic mass is 10.2. The minimum absolute atomic E-state index is 0.371. The Balaban J connectivity index is 2.80. The topological polar surface area (TPSA) is 12.4 Å². The van der Waals surface area contributed by atoms with E-state index < -0.39 is 0 Å². The van der Waals surface area contributed by atoms with Crippen LogP contribution >= 0.6 is 11.6 Å². The van der Waals surface area contributed by atoms with Crippen molar-refractivity contribution in [1.82, 2.24) is 0 Å². The predicted molar refractivity (Wildman–Crippen MR) is 59.3 cm³/mol. The first kappa shape index (κ1) is 10.3. The van der Waals surface area contributed by atoms with Crippen molar-refractivity contribution in [2.45, 2.75) is 25.6 Å². The van der Waals surface area contributed by atoms with E-state index in [4.69, 9.17) is 11.6 Å². The summed E-state index contributed by atoms with van der Waals surface area (Å²) in [4.78, 5) is 3.91. The van der Waals surface area contributed by atoms with Gasteiger partial charge in [0, 0.05) is 6.21 Å². The van der Waals surface area contributed by atoms with E-state index in [9.17, 15) is 0 Å². The largest absolute Gasteiger partial charge is 0.259 e. The summed E-state index contributed by atoms with van der Waals surface area (Å²) in [5.74, 6) is 0. The van der Waals surface area contributed by atoms with Gasteiger partial charge < -0.3 is 0 Å². The van der Waals surface area contributed by atoms with Crippen LogP contribution < -0.4 is 0 Å². The van der Waals surface area contributed by atoms with E-state index in [-0.39, 0.29) is 4.87 Å². The van der Waals surface area contributed by atoms with Gasteiger partial charge in [0.05, 0.1) is 10.6 Å². The zero-order valence-electron chi connectivity index (χ0n) is 8.21. The maximum absolute atomic E-state index is 5.97. The van der Waals surface area contributed by atoms with Crippen molar-refractivity contribution in [3.05, 3.63) is 29.8 Å². The normalized spacial score (nSPS) is 12.3. The standard InChI is InChI=1S/C11H14ClN/c1-9-5-4-6-10(7-9)13-8-11(2,3)12/h4-8H,1-3H3. The number of nitrogens with zero attached hydrogens (tertiary/aromatic N) is 1.